The number of benzene rings is 1. The summed E-state index contributed by atoms with van der Waals surface area (Å²) in [6, 6.07) is 11.9. The zero-order valence-corrected chi connectivity index (χ0v) is 11.6. The average Bonchev–Trinajstić information content (AvgIpc) is 2.83. The highest BCUT2D eigenvalue weighted by Crippen LogP contribution is 2.28. The number of para-hydroxylation sites is 1. The summed E-state index contributed by atoms with van der Waals surface area (Å²) in [6.45, 7) is 0. The Labute approximate surface area is 119 Å². The molecule has 0 aliphatic heterocycles. The summed E-state index contributed by atoms with van der Waals surface area (Å²) < 4.78 is 1.82. The second-order valence-corrected chi connectivity index (χ2v) is 5.30. The van der Waals surface area contributed by atoms with E-state index in [2.05, 4.69) is 11.2 Å². The van der Waals surface area contributed by atoms with Gasteiger partial charge in [-0.3, -0.25) is 0 Å². The fraction of sp³-hybridized carbons (Fsp3) is 0.353. The quantitative estimate of drug-likeness (QED) is 0.860. The first-order chi connectivity index (χ1) is 9.84. The number of aromatic nitrogens is 2. The Balaban J connectivity index is 1.81. The van der Waals surface area contributed by atoms with E-state index in [1.165, 1.54) is 19.3 Å². The third-order valence-electron chi connectivity index (χ3n) is 3.84. The van der Waals surface area contributed by atoms with E-state index in [-0.39, 0.29) is 0 Å². The Hall–Kier alpha value is -1.87. The Morgan fingerprint density at radius 2 is 1.90 bits per heavy atom. The number of rotatable bonds is 3. The van der Waals surface area contributed by atoms with Gasteiger partial charge < -0.3 is 5.11 Å². The predicted octanol–water partition coefficient (Wildman–Crippen LogP) is 3.80. The van der Waals surface area contributed by atoms with Crippen LogP contribution >= 0.6 is 0 Å². The molecule has 2 aromatic rings. The summed E-state index contributed by atoms with van der Waals surface area (Å²) in [5.74, 6) is 0. The second-order valence-electron chi connectivity index (χ2n) is 5.30. The van der Waals surface area contributed by atoms with Crippen molar-refractivity contribution in [2.24, 2.45) is 0 Å². The third-order valence-corrected chi connectivity index (χ3v) is 3.84. The van der Waals surface area contributed by atoms with Crippen LogP contribution in [-0.2, 0) is 0 Å². The molecule has 1 aromatic heterocycles. The van der Waals surface area contributed by atoms with Crippen molar-refractivity contribution >= 4 is 0 Å². The largest absolute Gasteiger partial charge is 0.382 e. The standard InChI is InChI=1S/C17H20N2O/c20-17(14-8-4-1-2-5-9-14)16-12-13-19(18-16)15-10-6-3-7-11-15/h3,6-8,10-13,17,20H,1-2,4-5,9H2. The first-order valence-corrected chi connectivity index (χ1v) is 7.32. The molecule has 3 rings (SSSR count). The lowest BCUT2D eigenvalue weighted by atomic mass is 10.0. The molecule has 3 heteroatoms. The SMILES string of the molecule is OC(C1=CCCCCC1)c1ccn(-c2ccccc2)n1. The second kappa shape index (κ2) is 6.06. The van der Waals surface area contributed by atoms with Crippen LogP contribution in [0.25, 0.3) is 5.69 Å². The van der Waals surface area contributed by atoms with Gasteiger partial charge in [0.15, 0.2) is 0 Å². The molecule has 0 saturated carbocycles. The van der Waals surface area contributed by atoms with E-state index >= 15 is 0 Å². The molecule has 1 unspecified atom stereocenters. The van der Waals surface area contributed by atoms with Gasteiger partial charge in [-0.15, -0.1) is 0 Å². The van der Waals surface area contributed by atoms with Crippen molar-refractivity contribution < 1.29 is 5.11 Å². The molecular formula is C17H20N2O. The molecule has 104 valence electrons. The molecule has 1 aliphatic rings. The van der Waals surface area contributed by atoms with E-state index in [4.69, 9.17) is 0 Å². The number of hydrogen-bond donors (Lipinski definition) is 1. The summed E-state index contributed by atoms with van der Waals surface area (Å²) >= 11 is 0. The minimum Gasteiger partial charge on any atom is -0.382 e. The highest BCUT2D eigenvalue weighted by molar-refractivity contribution is 5.31. The Bertz CT molecular complexity index is 586. The van der Waals surface area contributed by atoms with E-state index in [0.29, 0.717) is 0 Å². The molecule has 3 nitrogen and oxygen atoms in total. The Morgan fingerprint density at radius 1 is 1.05 bits per heavy atom. The fourth-order valence-electron chi connectivity index (χ4n) is 2.69. The molecule has 0 spiro atoms. The predicted molar refractivity (Wildman–Crippen MR) is 79.7 cm³/mol. The van der Waals surface area contributed by atoms with Gasteiger partial charge >= 0.3 is 0 Å². The molecular weight excluding hydrogens is 248 g/mol. The fourth-order valence-corrected chi connectivity index (χ4v) is 2.69. The number of hydrogen-bond acceptors (Lipinski definition) is 2. The van der Waals surface area contributed by atoms with Crippen molar-refractivity contribution in [3.8, 4) is 5.69 Å². The summed E-state index contributed by atoms with van der Waals surface area (Å²) in [5, 5.41) is 15.0. The van der Waals surface area contributed by atoms with Crippen LogP contribution < -0.4 is 0 Å². The minimum atomic E-state index is -0.557. The molecule has 20 heavy (non-hydrogen) atoms. The van der Waals surface area contributed by atoms with Crippen LogP contribution in [0.1, 0.15) is 43.9 Å². The number of allylic oxidation sites excluding steroid dienone is 1. The van der Waals surface area contributed by atoms with Gasteiger partial charge in [0.2, 0.25) is 0 Å². The molecule has 0 bridgehead atoms. The molecule has 0 fully saturated rings. The third kappa shape index (κ3) is 2.83. The van der Waals surface area contributed by atoms with Gasteiger partial charge in [0, 0.05) is 6.20 Å². The van der Waals surface area contributed by atoms with E-state index in [1.807, 2.05) is 47.3 Å². The lowest BCUT2D eigenvalue weighted by Crippen LogP contribution is -2.04. The number of aliphatic hydroxyl groups is 1. The molecule has 1 aromatic carbocycles. The zero-order valence-electron chi connectivity index (χ0n) is 11.6. The van der Waals surface area contributed by atoms with E-state index in [1.54, 1.807) is 0 Å². The molecule has 1 N–H and O–H groups in total. The normalized spacial score (nSPS) is 17.4. The van der Waals surface area contributed by atoms with Gasteiger partial charge in [0.1, 0.15) is 6.10 Å². The van der Waals surface area contributed by atoms with E-state index in [0.717, 1.165) is 29.8 Å². The molecule has 0 amide bonds. The van der Waals surface area contributed by atoms with Gasteiger partial charge in [-0.25, -0.2) is 4.68 Å². The van der Waals surface area contributed by atoms with Gasteiger partial charge in [-0.05, 0) is 49.5 Å². The Morgan fingerprint density at radius 3 is 2.75 bits per heavy atom. The lowest BCUT2D eigenvalue weighted by molar-refractivity contribution is 0.205. The molecule has 1 heterocycles. The van der Waals surface area contributed by atoms with Crippen molar-refractivity contribution in [3.63, 3.8) is 0 Å². The number of nitrogens with zero attached hydrogens (tertiary/aromatic N) is 2. The maximum absolute atomic E-state index is 10.5. The highest BCUT2D eigenvalue weighted by Gasteiger charge is 2.17. The first kappa shape index (κ1) is 13.1. The molecule has 1 atom stereocenters. The van der Waals surface area contributed by atoms with Crippen LogP contribution in [0.15, 0.2) is 54.2 Å². The summed E-state index contributed by atoms with van der Waals surface area (Å²) in [5.41, 5.74) is 2.88. The summed E-state index contributed by atoms with van der Waals surface area (Å²) in [6.07, 6.45) is 9.26. The highest BCUT2D eigenvalue weighted by atomic mass is 16.3. The van der Waals surface area contributed by atoms with Crippen LogP contribution in [0.4, 0.5) is 0 Å². The van der Waals surface area contributed by atoms with E-state index in [9.17, 15) is 5.11 Å². The van der Waals surface area contributed by atoms with Crippen molar-refractivity contribution in [1.82, 2.24) is 9.78 Å². The topological polar surface area (TPSA) is 38.0 Å². The van der Waals surface area contributed by atoms with Crippen molar-refractivity contribution in [2.75, 3.05) is 0 Å². The molecule has 1 aliphatic carbocycles. The van der Waals surface area contributed by atoms with Gasteiger partial charge in [-0.2, -0.15) is 5.10 Å². The van der Waals surface area contributed by atoms with Crippen LogP contribution in [0, 0.1) is 0 Å². The van der Waals surface area contributed by atoms with Crippen LogP contribution in [-0.4, -0.2) is 14.9 Å². The molecule has 0 saturated heterocycles. The zero-order chi connectivity index (χ0) is 13.8. The Kier molecular flexibility index (Phi) is 3.97. The van der Waals surface area contributed by atoms with E-state index < -0.39 is 6.10 Å². The number of aliphatic hydroxyl groups excluding tert-OH is 1. The average molecular weight is 268 g/mol. The summed E-state index contributed by atoms with van der Waals surface area (Å²) in [4.78, 5) is 0. The maximum Gasteiger partial charge on any atom is 0.119 e. The van der Waals surface area contributed by atoms with Gasteiger partial charge in [-0.1, -0.05) is 30.7 Å². The minimum absolute atomic E-state index is 0.557. The summed E-state index contributed by atoms with van der Waals surface area (Å²) in [7, 11) is 0. The smallest absolute Gasteiger partial charge is 0.119 e. The maximum atomic E-state index is 10.5. The monoisotopic (exact) mass is 268 g/mol. The van der Waals surface area contributed by atoms with Gasteiger partial charge in [0.25, 0.3) is 0 Å². The van der Waals surface area contributed by atoms with Crippen molar-refractivity contribution in [1.29, 1.82) is 0 Å². The van der Waals surface area contributed by atoms with Crippen molar-refractivity contribution in [2.45, 2.75) is 38.2 Å². The van der Waals surface area contributed by atoms with Crippen LogP contribution in [0.3, 0.4) is 0 Å². The first-order valence-electron chi connectivity index (χ1n) is 7.32. The van der Waals surface area contributed by atoms with Gasteiger partial charge in [0.05, 0.1) is 11.4 Å². The van der Waals surface area contributed by atoms with Crippen LogP contribution in [0.5, 0.6) is 0 Å². The van der Waals surface area contributed by atoms with Crippen molar-refractivity contribution in [3.05, 3.63) is 59.9 Å². The molecule has 0 radical (unpaired) electrons. The van der Waals surface area contributed by atoms with Crippen LogP contribution in [0.2, 0.25) is 0 Å². The lowest BCUT2D eigenvalue weighted by Gasteiger charge is -2.11.